The Hall–Kier alpha value is -1.63. The summed E-state index contributed by atoms with van der Waals surface area (Å²) in [5.41, 5.74) is 0.391. The summed E-state index contributed by atoms with van der Waals surface area (Å²) in [6.07, 6.45) is 4.10. The lowest BCUT2D eigenvalue weighted by atomic mass is 10.1. The van der Waals surface area contributed by atoms with Gasteiger partial charge in [0, 0.05) is 25.5 Å². The molecule has 7 heteroatoms. The SMILES string of the molecule is CC(C)COc1ncccc1C(=O)N1CCCC(S(C)(=O)=O)C1. The first-order chi connectivity index (χ1) is 10.8. The van der Waals surface area contributed by atoms with Gasteiger partial charge in [0.25, 0.3) is 5.91 Å². The number of amides is 1. The Morgan fingerprint density at radius 1 is 1.48 bits per heavy atom. The normalized spacial score (nSPS) is 19.0. The van der Waals surface area contributed by atoms with Crippen molar-refractivity contribution in [1.29, 1.82) is 0 Å². The van der Waals surface area contributed by atoms with Gasteiger partial charge in [0.05, 0.1) is 11.9 Å². The fourth-order valence-electron chi connectivity index (χ4n) is 2.56. The van der Waals surface area contributed by atoms with Gasteiger partial charge in [0.15, 0.2) is 9.84 Å². The molecule has 0 radical (unpaired) electrons. The van der Waals surface area contributed by atoms with E-state index in [1.807, 2.05) is 13.8 Å². The summed E-state index contributed by atoms with van der Waals surface area (Å²) in [7, 11) is -3.15. The predicted molar refractivity (Wildman–Crippen MR) is 88.3 cm³/mol. The van der Waals surface area contributed by atoms with E-state index in [0.717, 1.165) is 0 Å². The Balaban J connectivity index is 2.17. The fourth-order valence-corrected chi connectivity index (χ4v) is 3.60. The average molecular weight is 340 g/mol. The Bertz CT molecular complexity index is 658. The summed E-state index contributed by atoms with van der Waals surface area (Å²) in [5.74, 6) is 0.419. The number of rotatable bonds is 5. The predicted octanol–water partition coefficient (Wildman–Crippen LogP) is 1.77. The van der Waals surface area contributed by atoms with Crippen molar-refractivity contribution in [2.45, 2.75) is 31.9 Å². The van der Waals surface area contributed by atoms with Gasteiger partial charge in [0.2, 0.25) is 5.88 Å². The number of pyridine rings is 1. The van der Waals surface area contributed by atoms with Crippen molar-refractivity contribution in [3.05, 3.63) is 23.9 Å². The van der Waals surface area contributed by atoms with Crippen molar-refractivity contribution in [1.82, 2.24) is 9.88 Å². The lowest BCUT2D eigenvalue weighted by Gasteiger charge is -2.32. The first-order valence-electron chi connectivity index (χ1n) is 7.85. The van der Waals surface area contributed by atoms with E-state index in [-0.39, 0.29) is 12.5 Å². The van der Waals surface area contributed by atoms with Crippen molar-refractivity contribution >= 4 is 15.7 Å². The van der Waals surface area contributed by atoms with Crippen LogP contribution in [-0.2, 0) is 9.84 Å². The molecule has 128 valence electrons. The number of likely N-dealkylation sites (tertiary alicyclic amines) is 1. The molecule has 1 aliphatic rings. The zero-order valence-corrected chi connectivity index (χ0v) is 14.7. The summed E-state index contributed by atoms with van der Waals surface area (Å²) < 4.78 is 29.1. The molecule has 0 saturated carbocycles. The van der Waals surface area contributed by atoms with E-state index >= 15 is 0 Å². The average Bonchev–Trinajstić information content (AvgIpc) is 2.52. The summed E-state index contributed by atoms with van der Waals surface area (Å²) in [6.45, 7) is 5.31. The molecule has 23 heavy (non-hydrogen) atoms. The number of carbonyl (C=O) groups is 1. The third kappa shape index (κ3) is 4.67. The van der Waals surface area contributed by atoms with E-state index in [4.69, 9.17) is 4.74 Å². The van der Waals surface area contributed by atoms with Crippen LogP contribution < -0.4 is 4.74 Å². The molecule has 6 nitrogen and oxygen atoms in total. The Kier molecular flexibility index (Phi) is 5.62. The highest BCUT2D eigenvalue weighted by atomic mass is 32.2. The van der Waals surface area contributed by atoms with Crippen LogP contribution in [0, 0.1) is 5.92 Å². The number of sulfone groups is 1. The van der Waals surface area contributed by atoms with Crippen molar-refractivity contribution in [3.8, 4) is 5.88 Å². The second-order valence-corrected chi connectivity index (χ2v) is 8.73. The zero-order valence-electron chi connectivity index (χ0n) is 13.9. The van der Waals surface area contributed by atoms with Gasteiger partial charge < -0.3 is 9.64 Å². The molecule has 0 N–H and O–H groups in total. The van der Waals surface area contributed by atoms with Crippen molar-refractivity contribution in [3.63, 3.8) is 0 Å². The lowest BCUT2D eigenvalue weighted by Crippen LogP contribution is -2.45. The number of aromatic nitrogens is 1. The Morgan fingerprint density at radius 2 is 2.22 bits per heavy atom. The molecule has 0 spiro atoms. The fraction of sp³-hybridized carbons (Fsp3) is 0.625. The number of hydrogen-bond donors (Lipinski definition) is 0. The van der Waals surface area contributed by atoms with Gasteiger partial charge in [-0.15, -0.1) is 0 Å². The molecular weight excluding hydrogens is 316 g/mol. The number of hydrogen-bond acceptors (Lipinski definition) is 5. The molecule has 2 heterocycles. The maximum absolute atomic E-state index is 12.7. The van der Waals surface area contributed by atoms with Gasteiger partial charge in [-0.3, -0.25) is 4.79 Å². The van der Waals surface area contributed by atoms with Gasteiger partial charge >= 0.3 is 0 Å². The van der Waals surface area contributed by atoms with E-state index in [9.17, 15) is 13.2 Å². The van der Waals surface area contributed by atoms with Crippen LogP contribution in [0.3, 0.4) is 0 Å². The molecule has 1 aromatic rings. The van der Waals surface area contributed by atoms with E-state index in [1.165, 1.54) is 6.26 Å². The minimum absolute atomic E-state index is 0.217. The second kappa shape index (κ2) is 7.29. The van der Waals surface area contributed by atoms with E-state index in [1.54, 1.807) is 23.2 Å². The number of ether oxygens (including phenoxy) is 1. The van der Waals surface area contributed by atoms with Crippen LogP contribution in [0.4, 0.5) is 0 Å². The smallest absolute Gasteiger partial charge is 0.259 e. The first kappa shape index (κ1) is 17.7. The van der Waals surface area contributed by atoms with Gasteiger partial charge in [-0.2, -0.15) is 0 Å². The number of nitrogens with zero attached hydrogens (tertiary/aromatic N) is 2. The van der Waals surface area contributed by atoms with Gasteiger partial charge in [-0.1, -0.05) is 13.8 Å². The summed E-state index contributed by atoms with van der Waals surface area (Å²) >= 11 is 0. The van der Waals surface area contributed by atoms with E-state index in [2.05, 4.69) is 4.98 Å². The van der Waals surface area contributed by atoms with Crippen molar-refractivity contribution < 1.29 is 17.9 Å². The molecule has 1 aromatic heterocycles. The molecule has 0 aliphatic carbocycles. The summed E-state index contributed by atoms with van der Waals surface area (Å²) in [5, 5.41) is -0.489. The molecule has 1 fully saturated rings. The van der Waals surface area contributed by atoms with Gasteiger partial charge in [-0.25, -0.2) is 13.4 Å². The molecule has 1 amide bonds. The maximum atomic E-state index is 12.7. The molecule has 1 saturated heterocycles. The number of piperidine rings is 1. The quantitative estimate of drug-likeness (QED) is 0.816. The van der Waals surface area contributed by atoms with Crippen LogP contribution in [-0.4, -0.2) is 55.4 Å². The Morgan fingerprint density at radius 3 is 2.87 bits per heavy atom. The Labute approximate surface area is 137 Å². The van der Waals surface area contributed by atoms with Crippen LogP contribution in [0.15, 0.2) is 18.3 Å². The molecule has 0 bridgehead atoms. The summed E-state index contributed by atoms with van der Waals surface area (Å²) in [6, 6.07) is 3.36. The molecule has 0 aromatic carbocycles. The molecular formula is C16H24N2O4S. The van der Waals surface area contributed by atoms with E-state index < -0.39 is 15.1 Å². The van der Waals surface area contributed by atoms with Crippen LogP contribution in [0.25, 0.3) is 0 Å². The third-order valence-corrected chi connectivity index (χ3v) is 5.42. The molecule has 2 rings (SSSR count). The molecule has 1 unspecified atom stereocenters. The number of carbonyl (C=O) groups excluding carboxylic acids is 1. The van der Waals surface area contributed by atoms with Crippen molar-refractivity contribution in [2.75, 3.05) is 26.0 Å². The van der Waals surface area contributed by atoms with Crippen molar-refractivity contribution in [2.24, 2.45) is 5.92 Å². The minimum Gasteiger partial charge on any atom is -0.477 e. The van der Waals surface area contributed by atoms with Crippen LogP contribution >= 0.6 is 0 Å². The molecule has 1 atom stereocenters. The highest BCUT2D eigenvalue weighted by Gasteiger charge is 2.31. The zero-order chi connectivity index (χ0) is 17.0. The molecule has 1 aliphatic heterocycles. The van der Waals surface area contributed by atoms with Crippen LogP contribution in [0.2, 0.25) is 0 Å². The maximum Gasteiger partial charge on any atom is 0.259 e. The van der Waals surface area contributed by atoms with Gasteiger partial charge in [-0.05, 0) is 30.9 Å². The third-order valence-electron chi connectivity index (χ3n) is 3.83. The van der Waals surface area contributed by atoms with Crippen LogP contribution in [0.1, 0.15) is 37.0 Å². The highest BCUT2D eigenvalue weighted by Crippen LogP contribution is 2.22. The van der Waals surface area contributed by atoms with E-state index in [0.29, 0.717) is 43.4 Å². The first-order valence-corrected chi connectivity index (χ1v) is 9.80. The van der Waals surface area contributed by atoms with Gasteiger partial charge in [0.1, 0.15) is 5.56 Å². The summed E-state index contributed by atoms with van der Waals surface area (Å²) in [4.78, 5) is 18.5. The van der Waals surface area contributed by atoms with Crippen LogP contribution in [0.5, 0.6) is 5.88 Å². The lowest BCUT2D eigenvalue weighted by molar-refractivity contribution is 0.0720. The monoisotopic (exact) mass is 340 g/mol. The minimum atomic E-state index is -3.15. The largest absolute Gasteiger partial charge is 0.477 e. The second-order valence-electron chi connectivity index (χ2n) is 6.41. The topological polar surface area (TPSA) is 76.6 Å². The highest BCUT2D eigenvalue weighted by molar-refractivity contribution is 7.91. The standard InChI is InChI=1S/C16H24N2O4S/c1-12(2)11-22-15-14(7-4-8-17-15)16(19)18-9-5-6-13(10-18)23(3,20)21/h4,7-8,12-13H,5-6,9-11H2,1-3H3.